The van der Waals surface area contributed by atoms with Gasteiger partial charge < -0.3 is 10.1 Å². The predicted molar refractivity (Wildman–Crippen MR) is 96.9 cm³/mol. The third-order valence-electron chi connectivity index (χ3n) is 3.52. The molecular formula is C19H22BrNO2. The number of hydrogen-bond acceptors (Lipinski definition) is 2. The fourth-order valence-electron chi connectivity index (χ4n) is 2.12. The number of nitrogens with one attached hydrogen (secondary N) is 1. The molecule has 2 rings (SSSR count). The van der Waals surface area contributed by atoms with Gasteiger partial charge in [-0.2, -0.15) is 0 Å². The summed E-state index contributed by atoms with van der Waals surface area (Å²) in [5.41, 5.74) is 2.84. The van der Waals surface area contributed by atoms with Gasteiger partial charge in [-0.3, -0.25) is 4.79 Å². The van der Waals surface area contributed by atoms with E-state index in [0.29, 0.717) is 24.5 Å². The maximum atomic E-state index is 12.5. The highest BCUT2D eigenvalue weighted by Crippen LogP contribution is 2.23. The number of halogens is 1. The summed E-state index contributed by atoms with van der Waals surface area (Å²) in [6, 6.07) is 13.6. The number of aryl methyl sites for hydroxylation is 1. The topological polar surface area (TPSA) is 38.3 Å². The van der Waals surface area contributed by atoms with Crippen molar-refractivity contribution in [3.63, 3.8) is 0 Å². The molecule has 0 atom stereocenters. The summed E-state index contributed by atoms with van der Waals surface area (Å²) in [7, 11) is 0. The van der Waals surface area contributed by atoms with Gasteiger partial charge in [0.2, 0.25) is 0 Å². The average molecular weight is 376 g/mol. The normalized spacial score (nSPS) is 10.4. The molecule has 0 radical (unpaired) electrons. The third kappa shape index (κ3) is 5.39. The first-order valence-electron chi connectivity index (χ1n) is 7.86. The fourth-order valence-corrected chi connectivity index (χ4v) is 2.48. The summed E-state index contributed by atoms with van der Waals surface area (Å²) in [6.07, 6.45) is 2.03. The van der Waals surface area contributed by atoms with Crippen LogP contribution in [0.25, 0.3) is 0 Å². The number of benzene rings is 2. The van der Waals surface area contributed by atoms with Crippen molar-refractivity contribution >= 4 is 21.8 Å². The van der Waals surface area contributed by atoms with E-state index in [9.17, 15) is 4.79 Å². The van der Waals surface area contributed by atoms with Gasteiger partial charge in [-0.15, -0.1) is 0 Å². The molecule has 2 aromatic rings. The van der Waals surface area contributed by atoms with Crippen LogP contribution in [-0.2, 0) is 6.54 Å². The molecule has 0 fully saturated rings. The second-order valence-corrected chi connectivity index (χ2v) is 6.43. The monoisotopic (exact) mass is 375 g/mol. The van der Waals surface area contributed by atoms with Crippen molar-refractivity contribution in [2.45, 2.75) is 33.2 Å². The van der Waals surface area contributed by atoms with Crippen LogP contribution in [0.5, 0.6) is 5.75 Å². The number of hydrogen-bond donors (Lipinski definition) is 1. The second kappa shape index (κ2) is 8.73. The molecule has 4 heteroatoms. The minimum absolute atomic E-state index is 0.127. The lowest BCUT2D eigenvalue weighted by Gasteiger charge is -2.12. The molecule has 0 aliphatic carbocycles. The lowest BCUT2D eigenvalue weighted by atomic mass is 10.1. The van der Waals surface area contributed by atoms with Crippen LogP contribution in [-0.4, -0.2) is 12.5 Å². The van der Waals surface area contributed by atoms with Crippen molar-refractivity contribution in [2.75, 3.05) is 6.61 Å². The molecule has 0 heterocycles. The fraction of sp³-hybridized carbons (Fsp3) is 0.316. The largest absolute Gasteiger partial charge is 0.493 e. The molecule has 0 unspecified atom stereocenters. The van der Waals surface area contributed by atoms with Crippen LogP contribution in [0.3, 0.4) is 0 Å². The first-order chi connectivity index (χ1) is 11.1. The zero-order valence-electron chi connectivity index (χ0n) is 13.6. The summed E-state index contributed by atoms with van der Waals surface area (Å²) in [4.78, 5) is 12.5. The van der Waals surface area contributed by atoms with E-state index >= 15 is 0 Å². The number of carbonyl (C=O) groups is 1. The Bertz CT molecular complexity index is 653. The Morgan fingerprint density at radius 2 is 1.91 bits per heavy atom. The van der Waals surface area contributed by atoms with Crippen LogP contribution in [0.2, 0.25) is 0 Å². The van der Waals surface area contributed by atoms with Crippen molar-refractivity contribution in [2.24, 2.45) is 0 Å². The Kier molecular flexibility index (Phi) is 6.66. The van der Waals surface area contributed by atoms with Crippen molar-refractivity contribution < 1.29 is 9.53 Å². The van der Waals surface area contributed by atoms with Gasteiger partial charge in [0.15, 0.2) is 0 Å². The molecule has 0 saturated carbocycles. The molecule has 1 amide bonds. The van der Waals surface area contributed by atoms with E-state index in [1.54, 1.807) is 6.07 Å². The summed E-state index contributed by atoms with van der Waals surface area (Å²) in [6.45, 7) is 5.28. The van der Waals surface area contributed by atoms with Gasteiger partial charge in [-0.05, 0) is 37.1 Å². The Morgan fingerprint density at radius 1 is 1.17 bits per heavy atom. The lowest BCUT2D eigenvalue weighted by molar-refractivity contribution is 0.0946. The van der Waals surface area contributed by atoms with Crippen LogP contribution >= 0.6 is 15.9 Å². The molecule has 0 saturated heterocycles. The number of ether oxygens (including phenoxy) is 1. The Hall–Kier alpha value is -1.81. The maximum Gasteiger partial charge on any atom is 0.255 e. The first-order valence-corrected chi connectivity index (χ1v) is 8.65. The highest BCUT2D eigenvalue weighted by molar-refractivity contribution is 9.10. The van der Waals surface area contributed by atoms with Crippen molar-refractivity contribution in [1.82, 2.24) is 5.32 Å². The van der Waals surface area contributed by atoms with Gasteiger partial charge >= 0.3 is 0 Å². The van der Waals surface area contributed by atoms with E-state index in [1.807, 2.05) is 43.3 Å². The van der Waals surface area contributed by atoms with Gasteiger partial charge in [0, 0.05) is 11.0 Å². The molecule has 0 aliphatic heterocycles. The van der Waals surface area contributed by atoms with Crippen LogP contribution in [0.4, 0.5) is 0 Å². The minimum Gasteiger partial charge on any atom is -0.493 e. The number of unbranched alkanes of at least 4 members (excludes halogenated alkanes) is 1. The highest BCUT2D eigenvalue weighted by atomic mass is 79.9. The standard InChI is InChI=1S/C19H22BrNO2/c1-3-4-11-23-18-10-9-16(20)12-17(18)19(22)21-13-15-7-5-14(2)6-8-15/h5-10,12H,3-4,11,13H2,1-2H3,(H,21,22). The van der Waals surface area contributed by atoms with Crippen molar-refractivity contribution in [3.8, 4) is 5.75 Å². The number of amides is 1. The van der Waals surface area contributed by atoms with Crippen molar-refractivity contribution in [3.05, 3.63) is 63.6 Å². The summed E-state index contributed by atoms with van der Waals surface area (Å²) in [5.74, 6) is 0.501. The van der Waals surface area contributed by atoms with Crippen LogP contribution < -0.4 is 10.1 Å². The molecule has 2 aromatic carbocycles. The number of rotatable bonds is 7. The molecule has 23 heavy (non-hydrogen) atoms. The highest BCUT2D eigenvalue weighted by Gasteiger charge is 2.13. The zero-order valence-corrected chi connectivity index (χ0v) is 15.2. The van der Waals surface area contributed by atoms with Gasteiger partial charge in [0.1, 0.15) is 5.75 Å². The van der Waals surface area contributed by atoms with Gasteiger partial charge in [-0.25, -0.2) is 0 Å². The molecule has 0 aromatic heterocycles. The Labute approximate surface area is 146 Å². The van der Waals surface area contributed by atoms with E-state index < -0.39 is 0 Å². The summed E-state index contributed by atoms with van der Waals surface area (Å²) >= 11 is 3.41. The molecule has 3 nitrogen and oxygen atoms in total. The molecule has 1 N–H and O–H groups in total. The van der Waals surface area contributed by atoms with Gasteiger partial charge in [-0.1, -0.05) is 59.1 Å². The smallest absolute Gasteiger partial charge is 0.255 e. The SMILES string of the molecule is CCCCOc1ccc(Br)cc1C(=O)NCc1ccc(C)cc1. The van der Waals surface area contributed by atoms with E-state index in [2.05, 4.69) is 28.2 Å². The minimum atomic E-state index is -0.127. The molecule has 122 valence electrons. The summed E-state index contributed by atoms with van der Waals surface area (Å²) < 4.78 is 6.60. The zero-order chi connectivity index (χ0) is 16.7. The van der Waals surface area contributed by atoms with Gasteiger partial charge in [0.25, 0.3) is 5.91 Å². The Morgan fingerprint density at radius 3 is 2.61 bits per heavy atom. The molecular weight excluding hydrogens is 354 g/mol. The van der Waals surface area contributed by atoms with Gasteiger partial charge in [0.05, 0.1) is 12.2 Å². The number of carbonyl (C=O) groups excluding carboxylic acids is 1. The Balaban J connectivity index is 2.05. The van der Waals surface area contributed by atoms with E-state index in [0.717, 1.165) is 22.9 Å². The van der Waals surface area contributed by atoms with Crippen LogP contribution in [0.1, 0.15) is 41.3 Å². The second-order valence-electron chi connectivity index (χ2n) is 5.51. The third-order valence-corrected chi connectivity index (χ3v) is 4.01. The molecule has 0 spiro atoms. The van der Waals surface area contributed by atoms with E-state index in [4.69, 9.17) is 4.74 Å². The first kappa shape index (κ1) is 17.5. The quantitative estimate of drug-likeness (QED) is 0.701. The van der Waals surface area contributed by atoms with E-state index in [1.165, 1.54) is 5.56 Å². The molecule has 0 aliphatic rings. The van der Waals surface area contributed by atoms with Crippen LogP contribution in [0.15, 0.2) is 46.9 Å². The van der Waals surface area contributed by atoms with Crippen molar-refractivity contribution in [1.29, 1.82) is 0 Å². The van der Waals surface area contributed by atoms with E-state index in [-0.39, 0.29) is 5.91 Å². The van der Waals surface area contributed by atoms with Crippen LogP contribution in [0, 0.1) is 6.92 Å². The lowest BCUT2D eigenvalue weighted by Crippen LogP contribution is -2.23. The average Bonchev–Trinajstić information content (AvgIpc) is 2.55. The maximum absolute atomic E-state index is 12.5. The predicted octanol–water partition coefficient (Wildman–Crippen LogP) is 4.87. The molecule has 0 bridgehead atoms. The summed E-state index contributed by atoms with van der Waals surface area (Å²) in [5, 5.41) is 2.95.